The average molecular weight is 346 g/mol. The minimum absolute atomic E-state index is 0.0423. The van der Waals surface area contributed by atoms with E-state index in [1.165, 1.54) is 7.11 Å². The number of amides is 2. The van der Waals surface area contributed by atoms with Crippen molar-refractivity contribution < 1.29 is 14.6 Å². The van der Waals surface area contributed by atoms with Gasteiger partial charge in [0.25, 0.3) is 0 Å². The highest BCUT2D eigenvalue weighted by molar-refractivity contribution is 5.88. The van der Waals surface area contributed by atoms with Crippen LogP contribution in [0.1, 0.15) is 32.0 Å². The number of aromatic nitrogens is 2. The number of rotatable bonds is 5. The summed E-state index contributed by atoms with van der Waals surface area (Å²) < 4.78 is 6.65. The molecule has 1 aromatic heterocycles. The zero-order chi connectivity index (χ0) is 18.6. The molecule has 7 nitrogen and oxygen atoms in total. The van der Waals surface area contributed by atoms with E-state index in [4.69, 9.17) is 4.74 Å². The van der Waals surface area contributed by atoms with Crippen LogP contribution >= 0.6 is 0 Å². The van der Waals surface area contributed by atoms with Crippen LogP contribution in [0.2, 0.25) is 0 Å². The molecule has 0 spiro atoms. The van der Waals surface area contributed by atoms with Crippen molar-refractivity contribution in [3.8, 4) is 11.5 Å². The molecule has 1 heterocycles. The smallest absolute Gasteiger partial charge is 0.320 e. The third kappa shape index (κ3) is 5.41. The highest BCUT2D eigenvalue weighted by atomic mass is 16.5. The van der Waals surface area contributed by atoms with Gasteiger partial charge in [0.1, 0.15) is 5.82 Å². The second-order valence-corrected chi connectivity index (χ2v) is 7.20. The number of phenols is 1. The van der Waals surface area contributed by atoms with Crippen LogP contribution in [0.4, 0.5) is 10.6 Å². The molecule has 0 aliphatic rings. The molecule has 0 atom stereocenters. The van der Waals surface area contributed by atoms with Crippen LogP contribution in [-0.4, -0.2) is 28.0 Å². The zero-order valence-corrected chi connectivity index (χ0v) is 15.4. The normalized spacial score (nSPS) is 11.2. The molecule has 0 bridgehead atoms. The van der Waals surface area contributed by atoms with E-state index in [9.17, 15) is 9.90 Å². The van der Waals surface area contributed by atoms with E-state index < -0.39 is 0 Å². The summed E-state index contributed by atoms with van der Waals surface area (Å²) in [5, 5.41) is 19.7. The van der Waals surface area contributed by atoms with Gasteiger partial charge in [-0.05, 0) is 29.5 Å². The first-order chi connectivity index (χ1) is 11.7. The van der Waals surface area contributed by atoms with Crippen molar-refractivity contribution in [1.82, 2.24) is 15.1 Å². The molecule has 25 heavy (non-hydrogen) atoms. The summed E-state index contributed by atoms with van der Waals surface area (Å²) in [6.45, 7) is 6.72. The second-order valence-electron chi connectivity index (χ2n) is 7.20. The SMILES string of the molecule is COc1ccc(CNC(=O)Nc2cc(CC(C)(C)C)nn2C)cc1O. The van der Waals surface area contributed by atoms with Gasteiger partial charge in [0.15, 0.2) is 11.5 Å². The number of carbonyl (C=O) groups is 1. The molecular weight excluding hydrogens is 320 g/mol. The monoisotopic (exact) mass is 346 g/mol. The minimum Gasteiger partial charge on any atom is -0.504 e. The van der Waals surface area contributed by atoms with Gasteiger partial charge in [0.05, 0.1) is 12.8 Å². The zero-order valence-electron chi connectivity index (χ0n) is 15.4. The Morgan fingerprint density at radius 1 is 1.32 bits per heavy atom. The molecule has 136 valence electrons. The van der Waals surface area contributed by atoms with Crippen molar-refractivity contribution in [3.05, 3.63) is 35.5 Å². The molecule has 3 N–H and O–H groups in total. The lowest BCUT2D eigenvalue weighted by Gasteiger charge is -2.15. The summed E-state index contributed by atoms with van der Waals surface area (Å²) in [6.07, 6.45) is 0.829. The quantitative estimate of drug-likeness (QED) is 0.776. The minimum atomic E-state index is -0.333. The van der Waals surface area contributed by atoms with E-state index in [0.29, 0.717) is 11.6 Å². The highest BCUT2D eigenvalue weighted by Crippen LogP contribution is 2.26. The molecule has 0 saturated heterocycles. The maximum Gasteiger partial charge on any atom is 0.320 e. The lowest BCUT2D eigenvalue weighted by Crippen LogP contribution is -2.29. The van der Waals surface area contributed by atoms with E-state index in [1.807, 2.05) is 6.07 Å². The Labute approximate surface area is 148 Å². The van der Waals surface area contributed by atoms with Gasteiger partial charge >= 0.3 is 6.03 Å². The Bertz CT molecular complexity index is 747. The summed E-state index contributed by atoms with van der Waals surface area (Å²) >= 11 is 0. The van der Waals surface area contributed by atoms with Gasteiger partial charge < -0.3 is 15.2 Å². The molecule has 0 radical (unpaired) electrons. The summed E-state index contributed by atoms with van der Waals surface area (Å²) in [5.41, 5.74) is 1.84. The third-order valence-corrected chi connectivity index (χ3v) is 3.58. The standard InChI is InChI=1S/C18H26N4O3/c1-18(2,3)10-13-9-16(22(4)21-13)20-17(24)19-11-12-6-7-15(25-5)14(23)8-12/h6-9,23H,10-11H2,1-5H3,(H2,19,20,24). The van der Waals surface area contributed by atoms with Gasteiger partial charge in [-0.25, -0.2) is 4.79 Å². The van der Waals surface area contributed by atoms with Gasteiger partial charge in [-0.15, -0.1) is 0 Å². The van der Waals surface area contributed by atoms with Crippen LogP contribution in [0.3, 0.4) is 0 Å². The van der Waals surface area contributed by atoms with E-state index in [0.717, 1.165) is 17.7 Å². The van der Waals surface area contributed by atoms with Gasteiger partial charge in [-0.3, -0.25) is 10.00 Å². The number of hydrogen-bond acceptors (Lipinski definition) is 4. The Hall–Kier alpha value is -2.70. The van der Waals surface area contributed by atoms with Crippen molar-refractivity contribution >= 4 is 11.8 Å². The maximum absolute atomic E-state index is 12.1. The molecule has 0 unspecified atom stereocenters. The van der Waals surface area contributed by atoms with Crippen LogP contribution in [0, 0.1) is 5.41 Å². The van der Waals surface area contributed by atoms with E-state index in [1.54, 1.807) is 29.9 Å². The van der Waals surface area contributed by atoms with E-state index >= 15 is 0 Å². The lowest BCUT2D eigenvalue weighted by molar-refractivity contribution is 0.251. The van der Waals surface area contributed by atoms with Crippen molar-refractivity contribution in [2.75, 3.05) is 12.4 Å². The number of phenolic OH excluding ortho intramolecular Hbond substituents is 1. The molecule has 0 aliphatic heterocycles. The number of methoxy groups -OCH3 is 1. The molecule has 2 rings (SSSR count). The predicted molar refractivity (Wildman–Crippen MR) is 96.9 cm³/mol. The third-order valence-electron chi connectivity index (χ3n) is 3.58. The van der Waals surface area contributed by atoms with Crippen LogP contribution in [0.15, 0.2) is 24.3 Å². The summed E-state index contributed by atoms with van der Waals surface area (Å²) in [6, 6.07) is 6.55. The Kier molecular flexibility index (Phi) is 5.56. The molecule has 7 heteroatoms. The number of ether oxygens (including phenoxy) is 1. The Morgan fingerprint density at radius 2 is 2.04 bits per heavy atom. The lowest BCUT2D eigenvalue weighted by atomic mass is 9.91. The molecule has 0 aliphatic carbocycles. The Morgan fingerprint density at radius 3 is 2.64 bits per heavy atom. The number of anilines is 1. The van der Waals surface area contributed by atoms with Crippen molar-refractivity contribution in [1.29, 1.82) is 0 Å². The molecule has 0 saturated carbocycles. The highest BCUT2D eigenvalue weighted by Gasteiger charge is 2.16. The first kappa shape index (κ1) is 18.6. The molecule has 1 aromatic carbocycles. The molecule has 2 aromatic rings. The number of nitrogens with zero attached hydrogens (tertiary/aromatic N) is 2. The summed E-state index contributed by atoms with van der Waals surface area (Å²) in [4.78, 5) is 12.1. The second kappa shape index (κ2) is 7.46. The molecule has 2 amide bonds. The fraction of sp³-hybridized carbons (Fsp3) is 0.444. The van der Waals surface area contributed by atoms with Gasteiger partial charge in [-0.1, -0.05) is 26.8 Å². The van der Waals surface area contributed by atoms with Crippen molar-refractivity contribution in [2.24, 2.45) is 12.5 Å². The molecule has 0 fully saturated rings. The van der Waals surface area contributed by atoms with Crippen LogP contribution in [-0.2, 0) is 20.0 Å². The summed E-state index contributed by atoms with van der Waals surface area (Å²) in [7, 11) is 3.28. The van der Waals surface area contributed by atoms with E-state index in [-0.39, 0.29) is 23.7 Å². The Balaban J connectivity index is 1.93. The topological polar surface area (TPSA) is 88.4 Å². The van der Waals surface area contributed by atoms with Crippen molar-refractivity contribution in [2.45, 2.75) is 33.7 Å². The van der Waals surface area contributed by atoms with Crippen LogP contribution in [0.5, 0.6) is 11.5 Å². The number of hydrogen-bond donors (Lipinski definition) is 3. The van der Waals surface area contributed by atoms with Crippen LogP contribution < -0.4 is 15.4 Å². The van der Waals surface area contributed by atoms with Gasteiger partial charge in [-0.2, -0.15) is 5.10 Å². The number of carbonyl (C=O) groups excluding carboxylic acids is 1. The predicted octanol–water partition coefficient (Wildman–Crippen LogP) is 3.04. The van der Waals surface area contributed by atoms with Gasteiger partial charge in [0.2, 0.25) is 0 Å². The van der Waals surface area contributed by atoms with Gasteiger partial charge in [0, 0.05) is 19.7 Å². The first-order valence-electron chi connectivity index (χ1n) is 8.11. The molecular formula is C18H26N4O3. The number of benzene rings is 1. The maximum atomic E-state index is 12.1. The number of urea groups is 1. The fourth-order valence-electron chi connectivity index (χ4n) is 2.46. The number of aromatic hydroxyl groups is 1. The number of nitrogens with one attached hydrogen (secondary N) is 2. The average Bonchev–Trinajstić information content (AvgIpc) is 2.82. The largest absolute Gasteiger partial charge is 0.504 e. The fourth-order valence-corrected chi connectivity index (χ4v) is 2.46. The van der Waals surface area contributed by atoms with E-state index in [2.05, 4.69) is 36.5 Å². The summed E-state index contributed by atoms with van der Waals surface area (Å²) in [5.74, 6) is 1.07. The van der Waals surface area contributed by atoms with Crippen LogP contribution in [0.25, 0.3) is 0 Å². The number of aryl methyl sites for hydroxylation is 1. The van der Waals surface area contributed by atoms with Crippen molar-refractivity contribution in [3.63, 3.8) is 0 Å². The first-order valence-corrected chi connectivity index (χ1v) is 8.11.